The second-order valence-electron chi connectivity index (χ2n) is 3.90. The van der Waals surface area contributed by atoms with Gasteiger partial charge in [-0.05, 0) is 23.8 Å². The normalized spacial score (nSPS) is 16.9. The standard InChI is InChI=1S/C13H10FNO3S2/c1-18-11(16)7-15-12(17)10(20-13(15)19)6-8-2-4-9(14)5-3-8/h2-6H,7H2,1H3/b10-6-. The molecular formula is C13H10FNO3S2. The van der Waals surface area contributed by atoms with Gasteiger partial charge in [0.05, 0.1) is 12.0 Å². The van der Waals surface area contributed by atoms with Gasteiger partial charge in [0, 0.05) is 0 Å². The number of esters is 1. The van der Waals surface area contributed by atoms with Crippen LogP contribution >= 0.6 is 24.0 Å². The van der Waals surface area contributed by atoms with E-state index in [1.807, 2.05) is 0 Å². The van der Waals surface area contributed by atoms with E-state index >= 15 is 0 Å². The summed E-state index contributed by atoms with van der Waals surface area (Å²) in [7, 11) is 1.24. The number of hydrogen-bond acceptors (Lipinski definition) is 5. The van der Waals surface area contributed by atoms with Crippen molar-refractivity contribution in [2.24, 2.45) is 0 Å². The number of amides is 1. The van der Waals surface area contributed by atoms with E-state index in [-0.39, 0.29) is 18.3 Å². The third-order valence-electron chi connectivity index (χ3n) is 2.56. The molecule has 0 saturated carbocycles. The number of benzene rings is 1. The summed E-state index contributed by atoms with van der Waals surface area (Å²) in [5, 5.41) is 0. The molecule has 0 N–H and O–H groups in total. The van der Waals surface area contributed by atoms with Gasteiger partial charge in [0.1, 0.15) is 16.7 Å². The van der Waals surface area contributed by atoms with Gasteiger partial charge in [-0.3, -0.25) is 14.5 Å². The number of carbonyl (C=O) groups is 2. The first-order valence-electron chi connectivity index (χ1n) is 5.59. The maximum Gasteiger partial charge on any atom is 0.325 e. The van der Waals surface area contributed by atoms with Gasteiger partial charge in [0.2, 0.25) is 0 Å². The van der Waals surface area contributed by atoms with Crippen molar-refractivity contribution in [2.75, 3.05) is 13.7 Å². The van der Waals surface area contributed by atoms with Crippen LogP contribution in [-0.4, -0.2) is 34.8 Å². The van der Waals surface area contributed by atoms with Gasteiger partial charge in [-0.2, -0.15) is 0 Å². The van der Waals surface area contributed by atoms with Gasteiger partial charge in [-0.1, -0.05) is 36.1 Å². The molecule has 1 aromatic carbocycles. The summed E-state index contributed by atoms with van der Waals surface area (Å²) >= 11 is 6.16. The third-order valence-corrected chi connectivity index (χ3v) is 3.93. The van der Waals surface area contributed by atoms with E-state index in [1.165, 1.54) is 24.1 Å². The molecule has 1 aliphatic rings. The minimum absolute atomic E-state index is 0.206. The maximum atomic E-state index is 12.8. The van der Waals surface area contributed by atoms with Gasteiger partial charge in [-0.15, -0.1) is 0 Å². The van der Waals surface area contributed by atoms with Crippen molar-refractivity contribution in [2.45, 2.75) is 0 Å². The molecule has 1 fully saturated rings. The molecule has 0 atom stereocenters. The highest BCUT2D eigenvalue weighted by molar-refractivity contribution is 8.26. The molecule has 0 aromatic heterocycles. The topological polar surface area (TPSA) is 46.6 Å². The second kappa shape index (κ2) is 6.15. The molecule has 1 heterocycles. The van der Waals surface area contributed by atoms with E-state index in [4.69, 9.17) is 12.2 Å². The fraction of sp³-hybridized carbons (Fsp3) is 0.154. The Labute approximate surface area is 124 Å². The summed E-state index contributed by atoms with van der Waals surface area (Å²) < 4.78 is 17.6. The lowest BCUT2D eigenvalue weighted by atomic mass is 10.2. The molecule has 2 rings (SSSR count). The minimum atomic E-state index is -0.538. The molecule has 0 bridgehead atoms. The molecule has 1 saturated heterocycles. The summed E-state index contributed by atoms with van der Waals surface area (Å²) in [4.78, 5) is 24.9. The van der Waals surface area contributed by atoms with Gasteiger partial charge >= 0.3 is 5.97 Å². The van der Waals surface area contributed by atoms with Crippen molar-refractivity contribution < 1.29 is 18.7 Å². The Morgan fingerprint density at radius 1 is 1.45 bits per heavy atom. The average molecular weight is 311 g/mol. The average Bonchev–Trinajstić information content (AvgIpc) is 2.69. The first-order valence-corrected chi connectivity index (χ1v) is 6.81. The summed E-state index contributed by atoms with van der Waals surface area (Å²) in [6, 6.07) is 5.73. The lowest BCUT2D eigenvalue weighted by molar-refractivity contribution is -0.143. The van der Waals surface area contributed by atoms with E-state index in [9.17, 15) is 14.0 Å². The molecule has 0 aliphatic carbocycles. The lowest BCUT2D eigenvalue weighted by Gasteiger charge is -2.11. The fourth-order valence-corrected chi connectivity index (χ4v) is 2.80. The highest BCUT2D eigenvalue weighted by Gasteiger charge is 2.33. The highest BCUT2D eigenvalue weighted by atomic mass is 32.2. The lowest BCUT2D eigenvalue weighted by Crippen LogP contribution is -2.33. The van der Waals surface area contributed by atoms with Crippen molar-refractivity contribution in [1.29, 1.82) is 0 Å². The smallest absolute Gasteiger partial charge is 0.325 e. The number of nitrogens with zero attached hydrogens (tertiary/aromatic N) is 1. The van der Waals surface area contributed by atoms with Crippen LogP contribution in [0.15, 0.2) is 29.2 Å². The summed E-state index contributed by atoms with van der Waals surface area (Å²) in [6.45, 7) is -0.206. The van der Waals surface area contributed by atoms with Crippen molar-refractivity contribution in [3.05, 3.63) is 40.6 Å². The van der Waals surface area contributed by atoms with E-state index in [2.05, 4.69) is 4.74 Å². The Morgan fingerprint density at radius 2 is 2.10 bits per heavy atom. The molecule has 0 spiro atoms. The van der Waals surface area contributed by atoms with Crippen molar-refractivity contribution in [3.63, 3.8) is 0 Å². The molecule has 0 unspecified atom stereocenters. The molecule has 7 heteroatoms. The van der Waals surface area contributed by atoms with Crippen LogP contribution < -0.4 is 0 Å². The van der Waals surface area contributed by atoms with Crippen molar-refractivity contribution in [3.8, 4) is 0 Å². The molecule has 1 aliphatic heterocycles. The van der Waals surface area contributed by atoms with E-state index < -0.39 is 5.97 Å². The fourth-order valence-electron chi connectivity index (χ4n) is 1.54. The van der Waals surface area contributed by atoms with Gasteiger partial charge < -0.3 is 4.74 Å². The zero-order valence-corrected chi connectivity index (χ0v) is 12.1. The van der Waals surface area contributed by atoms with E-state index in [0.717, 1.165) is 11.8 Å². The quantitative estimate of drug-likeness (QED) is 0.486. The van der Waals surface area contributed by atoms with Crippen LogP contribution in [0, 0.1) is 5.82 Å². The summed E-state index contributed by atoms with van der Waals surface area (Å²) in [6.07, 6.45) is 1.61. The monoisotopic (exact) mass is 311 g/mol. The Bertz CT molecular complexity index is 598. The number of hydrogen-bond donors (Lipinski definition) is 0. The Balaban J connectivity index is 2.19. The van der Waals surface area contributed by atoms with Crippen LogP contribution in [0.3, 0.4) is 0 Å². The molecular weight excluding hydrogens is 301 g/mol. The van der Waals surface area contributed by atoms with E-state index in [0.29, 0.717) is 14.8 Å². The largest absolute Gasteiger partial charge is 0.468 e. The molecule has 0 radical (unpaired) electrons. The third kappa shape index (κ3) is 3.23. The molecule has 1 aromatic rings. The first-order chi connectivity index (χ1) is 9.51. The number of thioether (sulfide) groups is 1. The Kier molecular flexibility index (Phi) is 4.51. The van der Waals surface area contributed by atoms with Crippen LogP contribution in [0.5, 0.6) is 0 Å². The Morgan fingerprint density at radius 3 is 2.70 bits per heavy atom. The van der Waals surface area contributed by atoms with Crippen molar-refractivity contribution in [1.82, 2.24) is 4.90 Å². The first kappa shape index (κ1) is 14.7. The number of rotatable bonds is 3. The molecule has 20 heavy (non-hydrogen) atoms. The molecule has 1 amide bonds. The number of methoxy groups -OCH3 is 1. The predicted octanol–water partition coefficient (Wildman–Crippen LogP) is 2.20. The second-order valence-corrected chi connectivity index (χ2v) is 5.57. The van der Waals surface area contributed by atoms with Crippen LogP contribution in [0.4, 0.5) is 4.39 Å². The predicted molar refractivity (Wildman–Crippen MR) is 78.3 cm³/mol. The number of ether oxygens (including phenoxy) is 1. The van der Waals surface area contributed by atoms with Crippen LogP contribution in [-0.2, 0) is 14.3 Å². The summed E-state index contributed by atoms with van der Waals surface area (Å²) in [5.41, 5.74) is 0.685. The number of carbonyl (C=O) groups excluding carboxylic acids is 2. The van der Waals surface area contributed by atoms with Gasteiger partial charge in [0.25, 0.3) is 5.91 Å². The SMILES string of the molecule is COC(=O)CN1C(=O)/C(=C/c2ccc(F)cc2)SC1=S. The highest BCUT2D eigenvalue weighted by Crippen LogP contribution is 2.32. The number of thiocarbonyl (C=S) groups is 1. The molecule has 104 valence electrons. The zero-order valence-electron chi connectivity index (χ0n) is 10.5. The minimum Gasteiger partial charge on any atom is -0.468 e. The summed E-state index contributed by atoms with van der Waals surface area (Å²) in [5.74, 6) is -1.24. The Hall–Kier alpha value is -1.73. The van der Waals surface area contributed by atoms with Crippen LogP contribution in [0.2, 0.25) is 0 Å². The number of halogens is 1. The zero-order chi connectivity index (χ0) is 14.7. The van der Waals surface area contributed by atoms with Crippen LogP contribution in [0.1, 0.15) is 5.56 Å². The van der Waals surface area contributed by atoms with Crippen molar-refractivity contribution >= 4 is 46.3 Å². The maximum absolute atomic E-state index is 12.8. The molecule has 4 nitrogen and oxygen atoms in total. The van der Waals surface area contributed by atoms with Gasteiger partial charge in [-0.25, -0.2) is 4.39 Å². The van der Waals surface area contributed by atoms with E-state index in [1.54, 1.807) is 18.2 Å². The van der Waals surface area contributed by atoms with Gasteiger partial charge in [0.15, 0.2) is 0 Å². The van der Waals surface area contributed by atoms with Crippen LogP contribution in [0.25, 0.3) is 6.08 Å².